The lowest BCUT2D eigenvalue weighted by Gasteiger charge is -2.10. The van der Waals surface area contributed by atoms with Crippen LogP contribution < -0.4 is 10.5 Å². The number of ether oxygens (including phenoxy) is 1. The molecule has 2 aromatic carbocycles. The molecule has 0 amide bonds. The number of nitrogens with one attached hydrogen (secondary N) is 1. The van der Waals surface area contributed by atoms with Gasteiger partial charge in [-0.15, -0.1) is 0 Å². The Morgan fingerprint density at radius 1 is 0.963 bits per heavy atom. The van der Waals surface area contributed by atoms with Crippen LogP contribution in [0.25, 0.3) is 33.3 Å². The van der Waals surface area contributed by atoms with Gasteiger partial charge in [0.15, 0.2) is 11.6 Å². The van der Waals surface area contributed by atoms with Crippen LogP contribution in [0.3, 0.4) is 0 Å². The number of H-pyrrole nitrogens is 1. The molecule has 0 bridgehead atoms. The fourth-order valence-corrected chi connectivity index (χ4v) is 3.08. The standard InChI is InChI=1S/C20H14F3N3O/c1-27-19-13(6-12(21)7-17(19)23)15-9-26-20-14(15)4-11(8-25-20)10-2-3-16(22)18(24)5-10/h2-9H,24H2,1H3,(H,25,26). The Kier molecular flexibility index (Phi) is 3.99. The first-order valence-corrected chi connectivity index (χ1v) is 8.04. The number of benzene rings is 2. The van der Waals surface area contributed by atoms with E-state index < -0.39 is 17.5 Å². The zero-order valence-electron chi connectivity index (χ0n) is 14.2. The van der Waals surface area contributed by atoms with Crippen LogP contribution in [0.2, 0.25) is 0 Å². The molecule has 0 spiro atoms. The van der Waals surface area contributed by atoms with Gasteiger partial charge in [-0.3, -0.25) is 0 Å². The Morgan fingerprint density at radius 3 is 2.52 bits per heavy atom. The van der Waals surface area contributed by atoms with Crippen molar-refractivity contribution >= 4 is 16.7 Å². The molecular formula is C20H14F3N3O. The lowest BCUT2D eigenvalue weighted by molar-refractivity contribution is 0.386. The second kappa shape index (κ2) is 6.35. The maximum Gasteiger partial charge on any atom is 0.168 e. The summed E-state index contributed by atoms with van der Waals surface area (Å²) in [5.74, 6) is -2.07. The van der Waals surface area contributed by atoms with Gasteiger partial charge in [0, 0.05) is 40.5 Å². The third-order valence-electron chi connectivity index (χ3n) is 4.36. The third-order valence-corrected chi connectivity index (χ3v) is 4.36. The number of pyridine rings is 1. The van der Waals surface area contributed by atoms with Gasteiger partial charge < -0.3 is 15.5 Å². The summed E-state index contributed by atoms with van der Waals surface area (Å²) in [6.07, 6.45) is 3.22. The lowest BCUT2D eigenvalue weighted by Crippen LogP contribution is -1.94. The summed E-state index contributed by atoms with van der Waals surface area (Å²) in [5.41, 5.74) is 8.36. The number of hydrogen-bond acceptors (Lipinski definition) is 3. The minimum absolute atomic E-state index is 0.0239. The number of nitrogen functional groups attached to an aromatic ring is 1. The van der Waals surface area contributed by atoms with Gasteiger partial charge in [-0.25, -0.2) is 18.2 Å². The molecule has 0 aliphatic carbocycles. The molecule has 0 aliphatic rings. The second-order valence-corrected chi connectivity index (χ2v) is 6.03. The maximum absolute atomic E-state index is 14.1. The highest BCUT2D eigenvalue weighted by molar-refractivity contribution is 5.97. The van der Waals surface area contributed by atoms with Crippen molar-refractivity contribution in [1.82, 2.24) is 9.97 Å². The van der Waals surface area contributed by atoms with E-state index >= 15 is 0 Å². The van der Waals surface area contributed by atoms with Gasteiger partial charge in [0.1, 0.15) is 17.3 Å². The molecule has 0 atom stereocenters. The number of aromatic nitrogens is 2. The van der Waals surface area contributed by atoms with E-state index in [1.165, 1.54) is 25.3 Å². The van der Waals surface area contributed by atoms with Crippen LogP contribution in [0, 0.1) is 17.5 Å². The molecule has 0 unspecified atom stereocenters. The van der Waals surface area contributed by atoms with E-state index in [1.807, 2.05) is 0 Å². The molecule has 4 nitrogen and oxygen atoms in total. The van der Waals surface area contributed by atoms with Crippen molar-refractivity contribution in [3.8, 4) is 28.0 Å². The molecule has 0 radical (unpaired) electrons. The number of methoxy groups -OCH3 is 1. The average Bonchev–Trinajstić information content (AvgIpc) is 3.06. The first-order valence-electron chi connectivity index (χ1n) is 8.04. The first kappa shape index (κ1) is 17.0. The predicted molar refractivity (Wildman–Crippen MR) is 97.8 cm³/mol. The van der Waals surface area contributed by atoms with Gasteiger partial charge in [-0.05, 0) is 29.8 Å². The summed E-state index contributed by atoms with van der Waals surface area (Å²) in [6, 6.07) is 8.13. The molecule has 2 aromatic heterocycles. The van der Waals surface area contributed by atoms with Crippen molar-refractivity contribution in [2.24, 2.45) is 0 Å². The van der Waals surface area contributed by atoms with E-state index in [1.54, 1.807) is 24.5 Å². The van der Waals surface area contributed by atoms with Crippen LogP contribution in [0.5, 0.6) is 5.75 Å². The number of anilines is 1. The number of fused-ring (bicyclic) bond motifs is 1. The average molecular weight is 369 g/mol. The van der Waals surface area contributed by atoms with Crippen LogP contribution in [0.4, 0.5) is 18.9 Å². The lowest BCUT2D eigenvalue weighted by atomic mass is 10.0. The molecule has 27 heavy (non-hydrogen) atoms. The fraction of sp³-hybridized carbons (Fsp3) is 0.0500. The number of nitrogens with zero attached hydrogens (tertiary/aromatic N) is 1. The highest BCUT2D eigenvalue weighted by Crippen LogP contribution is 2.38. The maximum atomic E-state index is 14.1. The summed E-state index contributed by atoms with van der Waals surface area (Å²) in [5, 5.41) is 0.638. The predicted octanol–water partition coefficient (Wildman–Crippen LogP) is 4.91. The van der Waals surface area contributed by atoms with Crippen LogP contribution in [-0.2, 0) is 0 Å². The molecule has 0 saturated carbocycles. The topological polar surface area (TPSA) is 63.9 Å². The minimum Gasteiger partial charge on any atom is -0.493 e. The van der Waals surface area contributed by atoms with Crippen LogP contribution in [-0.4, -0.2) is 17.1 Å². The zero-order valence-corrected chi connectivity index (χ0v) is 14.2. The van der Waals surface area contributed by atoms with Crippen molar-refractivity contribution in [3.05, 3.63) is 66.2 Å². The molecule has 136 valence electrons. The SMILES string of the molecule is COc1c(F)cc(F)cc1-c1c[nH]c2ncc(-c3ccc(F)c(N)c3)cc12. The highest BCUT2D eigenvalue weighted by Gasteiger charge is 2.18. The summed E-state index contributed by atoms with van der Waals surface area (Å²) >= 11 is 0. The number of rotatable bonds is 3. The van der Waals surface area contributed by atoms with Crippen LogP contribution in [0.15, 0.2) is 48.8 Å². The molecule has 0 aliphatic heterocycles. The van der Waals surface area contributed by atoms with E-state index in [0.717, 1.165) is 6.07 Å². The van der Waals surface area contributed by atoms with Crippen molar-refractivity contribution in [2.75, 3.05) is 12.8 Å². The van der Waals surface area contributed by atoms with Gasteiger partial charge in [0.25, 0.3) is 0 Å². The Balaban J connectivity index is 1.93. The molecule has 2 heterocycles. The molecule has 4 aromatic rings. The van der Waals surface area contributed by atoms with Gasteiger partial charge >= 0.3 is 0 Å². The molecule has 3 N–H and O–H groups in total. The summed E-state index contributed by atoms with van der Waals surface area (Å²) in [6.45, 7) is 0. The minimum atomic E-state index is -0.794. The van der Waals surface area contributed by atoms with Crippen molar-refractivity contribution in [3.63, 3.8) is 0 Å². The summed E-state index contributed by atoms with van der Waals surface area (Å²) in [4.78, 5) is 7.32. The van der Waals surface area contributed by atoms with Gasteiger partial charge in [-0.1, -0.05) is 6.07 Å². The molecular weight excluding hydrogens is 355 g/mol. The number of hydrogen-bond donors (Lipinski definition) is 2. The Hall–Kier alpha value is -3.48. The summed E-state index contributed by atoms with van der Waals surface area (Å²) < 4.78 is 46.4. The van der Waals surface area contributed by atoms with Gasteiger partial charge in [0.2, 0.25) is 0 Å². The van der Waals surface area contributed by atoms with Crippen molar-refractivity contribution in [1.29, 1.82) is 0 Å². The Bertz CT molecular complexity index is 1170. The van der Waals surface area contributed by atoms with Gasteiger partial charge in [0.05, 0.1) is 12.8 Å². The smallest absolute Gasteiger partial charge is 0.168 e. The second-order valence-electron chi connectivity index (χ2n) is 6.03. The molecule has 0 fully saturated rings. The molecule has 0 saturated heterocycles. The fourth-order valence-electron chi connectivity index (χ4n) is 3.08. The number of aromatic amines is 1. The van der Waals surface area contributed by atoms with E-state index in [0.29, 0.717) is 27.7 Å². The Morgan fingerprint density at radius 2 is 1.78 bits per heavy atom. The third kappa shape index (κ3) is 2.87. The van der Waals surface area contributed by atoms with E-state index in [2.05, 4.69) is 9.97 Å². The normalized spacial score (nSPS) is 11.1. The van der Waals surface area contributed by atoms with E-state index in [9.17, 15) is 13.2 Å². The largest absolute Gasteiger partial charge is 0.493 e. The molecule has 7 heteroatoms. The monoisotopic (exact) mass is 369 g/mol. The van der Waals surface area contributed by atoms with Crippen molar-refractivity contribution < 1.29 is 17.9 Å². The van der Waals surface area contributed by atoms with Crippen molar-refractivity contribution in [2.45, 2.75) is 0 Å². The quantitative estimate of drug-likeness (QED) is 0.505. The Labute approximate surface area is 152 Å². The zero-order chi connectivity index (χ0) is 19.1. The van der Waals surface area contributed by atoms with E-state index in [-0.39, 0.29) is 17.0 Å². The van der Waals surface area contributed by atoms with Crippen LogP contribution >= 0.6 is 0 Å². The number of halogens is 3. The van der Waals surface area contributed by atoms with Crippen LogP contribution in [0.1, 0.15) is 0 Å². The highest BCUT2D eigenvalue weighted by atomic mass is 19.1. The number of nitrogens with two attached hydrogens (primary N) is 1. The molecule has 4 rings (SSSR count). The van der Waals surface area contributed by atoms with E-state index in [4.69, 9.17) is 10.5 Å². The van der Waals surface area contributed by atoms with Gasteiger partial charge in [-0.2, -0.15) is 0 Å². The summed E-state index contributed by atoms with van der Waals surface area (Å²) in [7, 11) is 1.32. The first-order chi connectivity index (χ1) is 13.0.